The van der Waals surface area contributed by atoms with E-state index in [2.05, 4.69) is 15.2 Å². The first kappa shape index (κ1) is 23.4. The first-order valence-electron chi connectivity index (χ1n) is 11.0. The van der Waals surface area contributed by atoms with Crippen LogP contribution in [0.1, 0.15) is 33.6 Å². The number of pyridine rings is 1. The van der Waals surface area contributed by atoms with Gasteiger partial charge in [0.15, 0.2) is 0 Å². The molecule has 3 rings (SSSR count). The van der Waals surface area contributed by atoms with Crippen LogP contribution in [-0.2, 0) is 9.53 Å². The molecule has 1 aliphatic heterocycles. The van der Waals surface area contributed by atoms with E-state index in [1.165, 1.54) is 0 Å². The molecule has 0 aliphatic carbocycles. The van der Waals surface area contributed by atoms with E-state index in [1.54, 1.807) is 17.2 Å². The van der Waals surface area contributed by atoms with Crippen molar-refractivity contribution in [3.05, 3.63) is 48.7 Å². The van der Waals surface area contributed by atoms with Gasteiger partial charge >= 0.3 is 6.09 Å². The van der Waals surface area contributed by atoms with Gasteiger partial charge in [-0.3, -0.25) is 4.79 Å². The van der Waals surface area contributed by atoms with E-state index in [1.807, 2.05) is 57.2 Å². The van der Waals surface area contributed by atoms with Gasteiger partial charge in [-0.25, -0.2) is 9.78 Å². The molecule has 2 heterocycles. The predicted octanol–water partition coefficient (Wildman–Crippen LogP) is 3.94. The van der Waals surface area contributed by atoms with Crippen LogP contribution in [0.3, 0.4) is 0 Å². The topological polar surface area (TPSA) is 84.0 Å². The molecule has 0 radical (unpaired) electrons. The van der Waals surface area contributed by atoms with E-state index in [4.69, 9.17) is 9.47 Å². The molecular formula is C24H32N4O4. The summed E-state index contributed by atoms with van der Waals surface area (Å²) >= 11 is 0. The number of aromatic nitrogens is 1. The monoisotopic (exact) mass is 440 g/mol. The average Bonchev–Trinajstić information content (AvgIpc) is 2.77. The van der Waals surface area contributed by atoms with Gasteiger partial charge in [0, 0.05) is 32.6 Å². The van der Waals surface area contributed by atoms with Crippen molar-refractivity contribution in [2.75, 3.05) is 43.0 Å². The number of hydrogen-bond donors (Lipinski definition) is 1. The summed E-state index contributed by atoms with van der Waals surface area (Å²) in [6.07, 6.45) is 2.46. The lowest BCUT2D eigenvalue weighted by atomic mass is 10.2. The largest absolute Gasteiger partial charge is 0.494 e. The maximum absolute atomic E-state index is 12.2. The van der Waals surface area contributed by atoms with Crippen LogP contribution < -0.4 is 15.0 Å². The minimum absolute atomic E-state index is 0.0899. The van der Waals surface area contributed by atoms with Gasteiger partial charge in [-0.15, -0.1) is 0 Å². The summed E-state index contributed by atoms with van der Waals surface area (Å²) in [5.74, 6) is 1.24. The highest BCUT2D eigenvalue weighted by Crippen LogP contribution is 2.19. The van der Waals surface area contributed by atoms with Crippen molar-refractivity contribution >= 4 is 23.5 Å². The molecule has 0 atom stereocenters. The Morgan fingerprint density at radius 2 is 1.75 bits per heavy atom. The quantitative estimate of drug-likeness (QED) is 0.657. The lowest BCUT2D eigenvalue weighted by Gasteiger charge is -2.36. The van der Waals surface area contributed by atoms with Gasteiger partial charge in [0.25, 0.3) is 0 Å². The van der Waals surface area contributed by atoms with Crippen molar-refractivity contribution in [3.63, 3.8) is 0 Å². The summed E-state index contributed by atoms with van der Waals surface area (Å²) < 4.78 is 11.0. The minimum atomic E-state index is -0.493. The van der Waals surface area contributed by atoms with E-state index in [-0.39, 0.29) is 12.0 Å². The van der Waals surface area contributed by atoms with Crippen LogP contribution in [0.2, 0.25) is 0 Å². The zero-order valence-corrected chi connectivity index (χ0v) is 19.0. The summed E-state index contributed by atoms with van der Waals surface area (Å²) in [5, 5.41) is 2.82. The van der Waals surface area contributed by atoms with Crippen LogP contribution in [0, 0.1) is 0 Å². The molecule has 1 N–H and O–H groups in total. The van der Waals surface area contributed by atoms with Crippen LogP contribution in [0.5, 0.6) is 5.75 Å². The number of benzene rings is 1. The fourth-order valence-electron chi connectivity index (χ4n) is 3.27. The lowest BCUT2D eigenvalue weighted by molar-refractivity contribution is -0.116. The van der Waals surface area contributed by atoms with Gasteiger partial charge in [-0.1, -0.05) is 18.2 Å². The molecule has 0 saturated carbocycles. The molecule has 2 aromatic rings. The van der Waals surface area contributed by atoms with Crippen LogP contribution in [0.4, 0.5) is 16.3 Å². The van der Waals surface area contributed by atoms with Gasteiger partial charge in [0.05, 0.1) is 18.5 Å². The molecule has 0 unspecified atom stereocenters. The Morgan fingerprint density at radius 3 is 2.38 bits per heavy atom. The van der Waals surface area contributed by atoms with Crippen LogP contribution in [0.25, 0.3) is 0 Å². The number of amides is 2. The Bertz CT molecular complexity index is 873. The number of carbonyl (C=O) groups is 2. The summed E-state index contributed by atoms with van der Waals surface area (Å²) in [4.78, 5) is 32.6. The van der Waals surface area contributed by atoms with Gasteiger partial charge in [0.1, 0.15) is 17.2 Å². The molecular weight excluding hydrogens is 408 g/mol. The fourth-order valence-corrected chi connectivity index (χ4v) is 3.27. The Kier molecular flexibility index (Phi) is 7.92. The second kappa shape index (κ2) is 10.8. The third-order valence-electron chi connectivity index (χ3n) is 4.87. The van der Waals surface area contributed by atoms with Crippen molar-refractivity contribution < 1.29 is 19.1 Å². The third-order valence-corrected chi connectivity index (χ3v) is 4.87. The Balaban J connectivity index is 1.38. The van der Waals surface area contributed by atoms with Gasteiger partial charge in [0.2, 0.25) is 5.91 Å². The zero-order chi connectivity index (χ0) is 23.0. The highest BCUT2D eigenvalue weighted by molar-refractivity contribution is 5.89. The fraction of sp³-hybridized carbons (Fsp3) is 0.458. The number of para-hydroxylation sites is 1. The molecule has 1 fully saturated rings. The Morgan fingerprint density at radius 1 is 1.03 bits per heavy atom. The number of piperazine rings is 1. The molecule has 2 amide bonds. The smallest absolute Gasteiger partial charge is 0.410 e. The number of carbonyl (C=O) groups excluding carboxylic acids is 2. The summed E-state index contributed by atoms with van der Waals surface area (Å²) in [7, 11) is 0. The molecule has 32 heavy (non-hydrogen) atoms. The summed E-state index contributed by atoms with van der Waals surface area (Å²) in [6.45, 7) is 8.68. The molecule has 1 aromatic heterocycles. The van der Waals surface area contributed by atoms with Crippen molar-refractivity contribution in [1.29, 1.82) is 0 Å². The number of ether oxygens (including phenoxy) is 2. The molecule has 8 nitrogen and oxygen atoms in total. The average molecular weight is 441 g/mol. The van der Waals surface area contributed by atoms with E-state index in [0.717, 1.165) is 11.4 Å². The molecule has 1 aliphatic rings. The number of hydrogen-bond acceptors (Lipinski definition) is 6. The number of anilines is 2. The van der Waals surface area contributed by atoms with Crippen LogP contribution >= 0.6 is 0 Å². The first-order valence-corrected chi connectivity index (χ1v) is 11.0. The number of nitrogens with zero attached hydrogens (tertiary/aromatic N) is 3. The van der Waals surface area contributed by atoms with Crippen molar-refractivity contribution in [1.82, 2.24) is 9.88 Å². The number of nitrogens with one attached hydrogen (secondary N) is 1. The Labute approximate surface area is 189 Å². The molecule has 1 saturated heterocycles. The summed E-state index contributed by atoms with van der Waals surface area (Å²) in [6, 6.07) is 13.3. The van der Waals surface area contributed by atoms with Gasteiger partial charge in [-0.2, -0.15) is 0 Å². The standard InChI is InChI=1S/C24H32N4O4/c1-24(2,3)32-23(30)28-15-13-27(14-16-28)19-11-12-21(25-18-19)26-22(29)10-7-17-31-20-8-5-4-6-9-20/h4-6,8-9,11-12,18H,7,10,13-17H2,1-3H3,(H,25,26,29). The molecule has 0 spiro atoms. The van der Waals surface area contributed by atoms with Crippen LogP contribution in [-0.4, -0.2) is 60.3 Å². The van der Waals surface area contributed by atoms with Crippen molar-refractivity contribution in [2.45, 2.75) is 39.2 Å². The van der Waals surface area contributed by atoms with Gasteiger partial charge in [-0.05, 0) is 51.5 Å². The number of rotatable bonds is 7. The maximum Gasteiger partial charge on any atom is 0.410 e. The summed E-state index contributed by atoms with van der Waals surface area (Å²) in [5.41, 5.74) is 0.468. The van der Waals surface area contributed by atoms with Crippen LogP contribution in [0.15, 0.2) is 48.7 Å². The molecule has 8 heteroatoms. The van der Waals surface area contributed by atoms with E-state index in [9.17, 15) is 9.59 Å². The predicted molar refractivity (Wildman–Crippen MR) is 124 cm³/mol. The van der Waals surface area contributed by atoms with Gasteiger partial charge < -0.3 is 24.6 Å². The zero-order valence-electron chi connectivity index (χ0n) is 19.0. The first-order chi connectivity index (χ1) is 15.3. The molecule has 172 valence electrons. The molecule has 1 aromatic carbocycles. The van der Waals surface area contributed by atoms with E-state index >= 15 is 0 Å². The Hall–Kier alpha value is -3.29. The normalized spacial score (nSPS) is 14.1. The van der Waals surface area contributed by atoms with E-state index in [0.29, 0.717) is 51.4 Å². The van der Waals surface area contributed by atoms with Crippen molar-refractivity contribution in [2.24, 2.45) is 0 Å². The third kappa shape index (κ3) is 7.44. The maximum atomic E-state index is 12.2. The minimum Gasteiger partial charge on any atom is -0.494 e. The lowest BCUT2D eigenvalue weighted by Crippen LogP contribution is -2.50. The SMILES string of the molecule is CC(C)(C)OC(=O)N1CCN(c2ccc(NC(=O)CCCOc3ccccc3)nc2)CC1. The highest BCUT2D eigenvalue weighted by Gasteiger charge is 2.26. The molecule has 0 bridgehead atoms. The van der Waals surface area contributed by atoms with E-state index < -0.39 is 5.60 Å². The van der Waals surface area contributed by atoms with Crippen molar-refractivity contribution in [3.8, 4) is 5.75 Å². The second-order valence-corrected chi connectivity index (χ2v) is 8.67. The highest BCUT2D eigenvalue weighted by atomic mass is 16.6. The second-order valence-electron chi connectivity index (χ2n) is 8.67.